The fourth-order valence-electron chi connectivity index (χ4n) is 3.11. The van der Waals surface area contributed by atoms with Gasteiger partial charge in [0.2, 0.25) is 0 Å². The van der Waals surface area contributed by atoms with E-state index < -0.39 is 35.1 Å². The summed E-state index contributed by atoms with van der Waals surface area (Å²) in [4.78, 5) is 23.1. The minimum atomic E-state index is -4.84. The van der Waals surface area contributed by atoms with Crippen molar-refractivity contribution >= 4 is 22.5 Å². The number of carbonyl (C=O) groups is 2. The quantitative estimate of drug-likeness (QED) is 0.591. The molecule has 1 unspecified atom stereocenters. The number of carboxylic acid groups (broad SMARTS) is 1. The molecule has 1 amide bonds. The van der Waals surface area contributed by atoms with Crippen LogP contribution in [-0.2, 0) is 24.1 Å². The third-order valence-corrected chi connectivity index (χ3v) is 4.75. The molecule has 10 heteroatoms. The number of hydrogen-bond acceptors (Lipinski definition) is 6. The van der Waals surface area contributed by atoms with Gasteiger partial charge >= 0.3 is 22.5 Å². The van der Waals surface area contributed by atoms with Gasteiger partial charge in [0.15, 0.2) is 6.04 Å². The second-order valence-electron chi connectivity index (χ2n) is 6.07. The first-order valence-corrected chi connectivity index (χ1v) is 9.59. The van der Waals surface area contributed by atoms with E-state index in [0.29, 0.717) is 0 Å². The number of fused-ring (bicyclic) bond motifs is 3. The molecule has 0 radical (unpaired) electrons. The summed E-state index contributed by atoms with van der Waals surface area (Å²) in [5.74, 6) is -1.76. The lowest BCUT2D eigenvalue weighted by atomic mass is 9.98. The lowest BCUT2D eigenvalue weighted by molar-refractivity contribution is -0.140. The van der Waals surface area contributed by atoms with Crippen LogP contribution in [0.15, 0.2) is 48.5 Å². The van der Waals surface area contributed by atoms with Crippen LogP contribution in [0, 0.1) is 0 Å². The third-order valence-electron chi connectivity index (χ3n) is 4.32. The highest BCUT2D eigenvalue weighted by atomic mass is 32.3. The molecule has 1 aliphatic rings. The first-order chi connectivity index (χ1) is 13.3. The van der Waals surface area contributed by atoms with Gasteiger partial charge in [0, 0.05) is 5.92 Å². The molecule has 2 aromatic rings. The van der Waals surface area contributed by atoms with E-state index in [1.165, 1.54) is 0 Å². The van der Waals surface area contributed by atoms with Crippen LogP contribution >= 0.6 is 0 Å². The van der Waals surface area contributed by atoms with Gasteiger partial charge in [0.05, 0.1) is 6.61 Å². The number of carbonyl (C=O) groups excluding carboxylic acids is 1. The first-order valence-electron chi connectivity index (χ1n) is 8.22. The van der Waals surface area contributed by atoms with Crippen LogP contribution in [0.4, 0.5) is 4.79 Å². The second kappa shape index (κ2) is 7.97. The lowest BCUT2D eigenvalue weighted by Gasteiger charge is -2.17. The van der Waals surface area contributed by atoms with E-state index in [4.69, 9.17) is 14.4 Å². The van der Waals surface area contributed by atoms with Crippen LogP contribution in [0.3, 0.4) is 0 Å². The summed E-state index contributed by atoms with van der Waals surface area (Å²) in [6.45, 7) is -1.01. The summed E-state index contributed by atoms with van der Waals surface area (Å²) in [5, 5.41) is 11.0. The molecule has 9 nitrogen and oxygen atoms in total. The Hall–Kier alpha value is -2.95. The van der Waals surface area contributed by atoms with Gasteiger partial charge in [0.1, 0.15) is 6.61 Å². The van der Waals surface area contributed by atoms with E-state index in [2.05, 4.69) is 4.18 Å². The van der Waals surface area contributed by atoms with Crippen molar-refractivity contribution in [1.82, 2.24) is 5.32 Å². The van der Waals surface area contributed by atoms with Gasteiger partial charge in [-0.3, -0.25) is 4.55 Å². The van der Waals surface area contributed by atoms with E-state index in [-0.39, 0.29) is 12.5 Å². The summed E-state index contributed by atoms with van der Waals surface area (Å²) in [5.41, 5.74) is 4.05. The zero-order valence-electron chi connectivity index (χ0n) is 14.4. The molecule has 1 aliphatic carbocycles. The van der Waals surface area contributed by atoms with E-state index in [9.17, 15) is 18.0 Å². The monoisotopic (exact) mass is 407 g/mol. The molecule has 0 bridgehead atoms. The Morgan fingerprint density at radius 2 is 1.57 bits per heavy atom. The van der Waals surface area contributed by atoms with Crippen molar-refractivity contribution in [2.75, 3.05) is 13.2 Å². The Balaban J connectivity index is 1.66. The minimum absolute atomic E-state index is 0.0364. The Morgan fingerprint density at radius 3 is 2.07 bits per heavy atom. The fraction of sp³-hybridized carbons (Fsp3) is 0.222. The molecule has 0 aromatic heterocycles. The van der Waals surface area contributed by atoms with Gasteiger partial charge in [-0.25, -0.2) is 13.8 Å². The fourth-order valence-corrected chi connectivity index (χ4v) is 3.42. The average molecular weight is 407 g/mol. The molecule has 0 saturated heterocycles. The number of rotatable bonds is 7. The molecule has 3 rings (SSSR count). The van der Waals surface area contributed by atoms with Crippen molar-refractivity contribution in [2.24, 2.45) is 0 Å². The minimum Gasteiger partial charge on any atom is -0.480 e. The van der Waals surface area contributed by atoms with E-state index in [0.717, 1.165) is 22.3 Å². The number of hydrogen-bond donors (Lipinski definition) is 3. The Labute approximate surface area is 160 Å². The van der Waals surface area contributed by atoms with Gasteiger partial charge in [0.25, 0.3) is 0 Å². The number of alkyl carbamates (subject to hydrolysis) is 1. The van der Waals surface area contributed by atoms with Gasteiger partial charge in [-0.1, -0.05) is 48.5 Å². The largest absolute Gasteiger partial charge is 0.480 e. The maximum absolute atomic E-state index is 12.0. The van der Waals surface area contributed by atoms with E-state index in [1.54, 1.807) is 0 Å². The van der Waals surface area contributed by atoms with Crippen molar-refractivity contribution in [3.05, 3.63) is 59.7 Å². The molecule has 0 saturated carbocycles. The molecule has 3 N–H and O–H groups in total. The molecule has 1 atom stereocenters. The van der Waals surface area contributed by atoms with Crippen LogP contribution in [0.25, 0.3) is 11.1 Å². The van der Waals surface area contributed by atoms with Crippen LogP contribution in [0.1, 0.15) is 17.0 Å². The summed E-state index contributed by atoms with van der Waals surface area (Å²) >= 11 is 0. The van der Waals surface area contributed by atoms with Gasteiger partial charge < -0.3 is 15.2 Å². The van der Waals surface area contributed by atoms with Crippen molar-refractivity contribution < 1.29 is 36.6 Å². The number of ether oxygens (including phenoxy) is 1. The van der Waals surface area contributed by atoms with Crippen molar-refractivity contribution in [3.8, 4) is 11.1 Å². The zero-order chi connectivity index (χ0) is 20.3. The number of aliphatic carboxylic acids is 1. The van der Waals surface area contributed by atoms with Crippen LogP contribution in [-0.4, -0.2) is 49.4 Å². The smallest absolute Gasteiger partial charge is 0.407 e. The van der Waals surface area contributed by atoms with Crippen LogP contribution < -0.4 is 5.32 Å². The van der Waals surface area contributed by atoms with Crippen molar-refractivity contribution in [2.45, 2.75) is 12.0 Å². The average Bonchev–Trinajstić information content (AvgIpc) is 2.96. The highest BCUT2D eigenvalue weighted by molar-refractivity contribution is 7.80. The number of nitrogens with one attached hydrogen (secondary N) is 1. The second-order valence-corrected chi connectivity index (χ2v) is 7.16. The molecule has 2 aromatic carbocycles. The Kier molecular flexibility index (Phi) is 5.63. The normalized spacial score (nSPS) is 14.0. The molecule has 148 valence electrons. The summed E-state index contributed by atoms with van der Waals surface area (Å²) < 4.78 is 38.8. The number of benzene rings is 2. The predicted octanol–water partition coefficient (Wildman–Crippen LogP) is 1.80. The molecule has 0 spiro atoms. The summed E-state index contributed by atoms with van der Waals surface area (Å²) in [7, 11) is -4.84. The molecular formula is C18H17NO8S. The first kappa shape index (κ1) is 19.8. The van der Waals surface area contributed by atoms with Crippen LogP contribution in [0.2, 0.25) is 0 Å². The number of carboxylic acids is 1. The zero-order valence-corrected chi connectivity index (χ0v) is 15.3. The lowest BCUT2D eigenvalue weighted by Crippen LogP contribution is -2.44. The van der Waals surface area contributed by atoms with Gasteiger partial charge in [-0.05, 0) is 22.3 Å². The van der Waals surface area contributed by atoms with Crippen molar-refractivity contribution in [1.29, 1.82) is 0 Å². The predicted molar refractivity (Wildman–Crippen MR) is 97.1 cm³/mol. The molecule has 0 fully saturated rings. The Bertz CT molecular complexity index is 959. The SMILES string of the molecule is O=C(NC(COS(=O)(=O)O)C(=O)O)OCC1c2ccccc2-c2ccccc21. The maximum Gasteiger partial charge on any atom is 0.407 e. The summed E-state index contributed by atoms with van der Waals surface area (Å²) in [6, 6.07) is 13.7. The van der Waals surface area contributed by atoms with Gasteiger partial charge in [-0.15, -0.1) is 0 Å². The molecule has 0 heterocycles. The highest BCUT2D eigenvalue weighted by Gasteiger charge is 2.30. The van der Waals surface area contributed by atoms with Crippen LogP contribution in [0.5, 0.6) is 0 Å². The molecule has 28 heavy (non-hydrogen) atoms. The topological polar surface area (TPSA) is 139 Å². The third kappa shape index (κ3) is 4.47. The van der Waals surface area contributed by atoms with Crippen molar-refractivity contribution in [3.63, 3.8) is 0 Å². The Morgan fingerprint density at radius 1 is 1.04 bits per heavy atom. The highest BCUT2D eigenvalue weighted by Crippen LogP contribution is 2.44. The summed E-state index contributed by atoms with van der Waals surface area (Å²) in [6.07, 6.45) is -1.05. The number of amides is 1. The van der Waals surface area contributed by atoms with E-state index in [1.807, 2.05) is 53.8 Å². The maximum atomic E-state index is 12.0. The molecule has 0 aliphatic heterocycles. The van der Waals surface area contributed by atoms with E-state index >= 15 is 0 Å². The standard InChI is InChI=1S/C18H17NO8S/c20-17(21)16(10-27-28(23,24)25)19-18(22)26-9-15-13-7-3-1-5-11(13)12-6-2-4-8-14(12)15/h1-8,15-16H,9-10H2,(H,19,22)(H,20,21)(H,23,24,25). The van der Waals surface area contributed by atoms with Gasteiger partial charge in [-0.2, -0.15) is 8.42 Å². The molecular weight excluding hydrogens is 390 g/mol.